The fourth-order valence-corrected chi connectivity index (χ4v) is 12.0. The van der Waals surface area contributed by atoms with Crippen molar-refractivity contribution in [1.82, 2.24) is 9.22 Å². The second-order valence-corrected chi connectivity index (χ2v) is 14.5. The topological polar surface area (TPSA) is 17.8 Å². The van der Waals surface area contributed by atoms with Gasteiger partial charge in [-0.05, 0) is 61.2 Å². The summed E-state index contributed by atoms with van der Waals surface area (Å²) in [4.78, 5) is 4.76. The van der Waals surface area contributed by atoms with Gasteiger partial charge in [-0.2, -0.15) is 0 Å². The van der Waals surface area contributed by atoms with Gasteiger partial charge in [-0.15, -0.1) is 0 Å². The fourth-order valence-electron chi connectivity index (χ4n) is 4.17. The van der Waals surface area contributed by atoms with E-state index in [0.717, 1.165) is 10.1 Å². The van der Waals surface area contributed by atoms with Gasteiger partial charge in [-0.1, -0.05) is 41.5 Å². The summed E-state index contributed by atoms with van der Waals surface area (Å²) in [6.45, 7) is 14.4. The van der Waals surface area contributed by atoms with Gasteiger partial charge in [0.25, 0.3) is 0 Å². The van der Waals surface area contributed by atoms with Crippen LogP contribution in [0.3, 0.4) is 0 Å². The fraction of sp³-hybridized carbons (Fsp3) is 0.562. The van der Waals surface area contributed by atoms with E-state index in [1.807, 2.05) is 6.20 Å². The maximum absolute atomic E-state index is 4.76. The van der Waals surface area contributed by atoms with Gasteiger partial charge >= 0.3 is 0 Å². The molecule has 0 amide bonds. The normalized spacial score (nSPS) is 13.1. The minimum Gasteiger partial charge on any atom is -0.358 e. The Hall–Kier alpha value is 0.117. The summed E-state index contributed by atoms with van der Waals surface area (Å²) >= 11 is 6.00. The summed E-state index contributed by atoms with van der Waals surface area (Å²) in [6.07, 6.45) is 4.27. The van der Waals surface area contributed by atoms with E-state index in [4.69, 9.17) is 4.98 Å². The lowest BCUT2D eigenvalue weighted by Gasteiger charge is -2.44. The maximum Gasteiger partial charge on any atom is 0.171 e. The van der Waals surface area contributed by atoms with Gasteiger partial charge in [-0.25, -0.2) is 4.98 Å². The Balaban J connectivity index is 2.83. The number of hydrogen-bond acceptors (Lipinski definition) is 1. The van der Waals surface area contributed by atoms with E-state index in [1.54, 1.807) is 0 Å². The molecule has 2 aromatic heterocycles. The van der Waals surface area contributed by atoms with Crippen molar-refractivity contribution in [3.63, 3.8) is 0 Å². The van der Waals surface area contributed by atoms with Crippen LogP contribution in [0.15, 0.2) is 22.9 Å². The highest BCUT2D eigenvalue weighted by Gasteiger charge is 2.46. The third-order valence-corrected chi connectivity index (χ3v) is 12.8. The van der Waals surface area contributed by atoms with Crippen molar-refractivity contribution in [3.05, 3.63) is 26.5 Å². The number of nitrogens with zero attached hydrogens (tertiary/aromatic N) is 2. The molecule has 0 radical (unpaired) electrons. The highest BCUT2D eigenvalue weighted by atomic mass is 127. The van der Waals surface area contributed by atoms with Gasteiger partial charge < -0.3 is 4.23 Å². The first kappa shape index (κ1) is 17.5. The predicted octanol–water partition coefficient (Wildman–Crippen LogP) is 6.43. The van der Waals surface area contributed by atoms with Crippen molar-refractivity contribution >= 4 is 57.8 Å². The molecular formula is C16H24BrIN2Si. The zero-order chi connectivity index (χ0) is 15.9. The molecule has 0 fully saturated rings. The van der Waals surface area contributed by atoms with E-state index in [-0.39, 0.29) is 0 Å². The molecule has 116 valence electrons. The summed E-state index contributed by atoms with van der Waals surface area (Å²) in [5, 5.41) is 1.27. The van der Waals surface area contributed by atoms with Gasteiger partial charge in [0.15, 0.2) is 8.24 Å². The quantitative estimate of drug-likeness (QED) is 0.365. The Morgan fingerprint density at radius 1 is 1.10 bits per heavy atom. The van der Waals surface area contributed by atoms with Crippen molar-refractivity contribution in [3.8, 4) is 0 Å². The molecule has 0 saturated heterocycles. The third kappa shape index (κ3) is 2.74. The van der Waals surface area contributed by atoms with Crippen LogP contribution in [0.25, 0.3) is 11.0 Å². The van der Waals surface area contributed by atoms with Crippen LogP contribution in [0.1, 0.15) is 41.5 Å². The number of halogens is 2. The third-order valence-electron chi connectivity index (χ3n) is 4.75. The van der Waals surface area contributed by atoms with E-state index in [1.165, 1.54) is 8.96 Å². The van der Waals surface area contributed by atoms with E-state index >= 15 is 0 Å². The molecule has 2 heterocycles. The molecule has 0 aromatic carbocycles. The van der Waals surface area contributed by atoms with E-state index in [9.17, 15) is 0 Å². The van der Waals surface area contributed by atoms with Gasteiger partial charge in [0.1, 0.15) is 5.65 Å². The lowest BCUT2D eigenvalue weighted by atomic mass is 10.3. The van der Waals surface area contributed by atoms with Gasteiger partial charge in [0.05, 0.1) is 0 Å². The summed E-state index contributed by atoms with van der Waals surface area (Å²) in [7, 11) is -1.73. The first-order chi connectivity index (χ1) is 9.72. The van der Waals surface area contributed by atoms with E-state index in [0.29, 0.717) is 16.6 Å². The maximum atomic E-state index is 4.76. The molecule has 0 aliphatic heterocycles. The van der Waals surface area contributed by atoms with Crippen molar-refractivity contribution in [2.75, 3.05) is 0 Å². The molecule has 2 rings (SSSR count). The molecule has 2 aromatic rings. The van der Waals surface area contributed by atoms with Crippen LogP contribution in [0.5, 0.6) is 0 Å². The molecule has 2 nitrogen and oxygen atoms in total. The first-order valence-corrected chi connectivity index (χ1v) is 11.6. The summed E-state index contributed by atoms with van der Waals surface area (Å²) in [5.74, 6) is 0. The van der Waals surface area contributed by atoms with Crippen LogP contribution >= 0.6 is 38.5 Å². The first-order valence-electron chi connectivity index (χ1n) is 7.55. The average molecular weight is 479 g/mol. The molecule has 0 N–H and O–H groups in total. The molecule has 0 aliphatic rings. The highest BCUT2D eigenvalue weighted by Crippen LogP contribution is 2.44. The highest BCUT2D eigenvalue weighted by molar-refractivity contribution is 14.1. The van der Waals surface area contributed by atoms with Gasteiger partial charge in [0.2, 0.25) is 0 Å². The number of rotatable bonds is 4. The lowest BCUT2D eigenvalue weighted by molar-refractivity contribution is 0.770. The van der Waals surface area contributed by atoms with Crippen LogP contribution in [0.2, 0.25) is 16.6 Å². The van der Waals surface area contributed by atoms with Crippen LogP contribution in [-0.4, -0.2) is 17.5 Å². The number of fused-ring (bicyclic) bond motifs is 1. The SMILES string of the molecule is CC(C)[Si](C(C)C)(C(C)C)n1cc(I)c2cc(Br)cnc21. The Bertz CT molecular complexity index is 627. The lowest BCUT2D eigenvalue weighted by Crippen LogP contribution is -2.51. The van der Waals surface area contributed by atoms with Crippen LogP contribution < -0.4 is 0 Å². The second-order valence-electron chi connectivity index (χ2n) is 6.72. The molecule has 0 atom stereocenters. The Morgan fingerprint density at radius 3 is 2.10 bits per heavy atom. The molecule has 0 spiro atoms. The molecule has 5 heteroatoms. The van der Waals surface area contributed by atoms with Crippen LogP contribution in [0, 0.1) is 3.57 Å². The largest absolute Gasteiger partial charge is 0.358 e. The number of hydrogen-bond donors (Lipinski definition) is 0. The predicted molar refractivity (Wildman–Crippen MR) is 107 cm³/mol. The van der Waals surface area contributed by atoms with Crippen LogP contribution in [-0.2, 0) is 0 Å². The molecule has 21 heavy (non-hydrogen) atoms. The second kappa shape index (κ2) is 6.32. The van der Waals surface area contributed by atoms with Crippen molar-refractivity contribution in [2.24, 2.45) is 0 Å². The van der Waals surface area contributed by atoms with Crippen molar-refractivity contribution < 1.29 is 0 Å². The molecule has 0 bridgehead atoms. The Kier molecular flexibility index (Phi) is 5.25. The Morgan fingerprint density at radius 2 is 1.62 bits per heavy atom. The molecule has 0 saturated carbocycles. The smallest absolute Gasteiger partial charge is 0.171 e. The molecule has 0 aliphatic carbocycles. The van der Waals surface area contributed by atoms with Gasteiger partial charge in [-0.3, -0.25) is 0 Å². The van der Waals surface area contributed by atoms with Gasteiger partial charge in [0, 0.05) is 25.8 Å². The number of aromatic nitrogens is 2. The molecule has 0 unspecified atom stereocenters. The summed E-state index contributed by atoms with van der Waals surface area (Å²) < 4.78 is 4.93. The van der Waals surface area contributed by atoms with Crippen LogP contribution in [0.4, 0.5) is 0 Å². The summed E-state index contributed by atoms with van der Waals surface area (Å²) in [5.41, 5.74) is 3.18. The minimum absolute atomic E-state index is 0.675. The zero-order valence-electron chi connectivity index (χ0n) is 13.6. The number of pyridine rings is 1. The van der Waals surface area contributed by atoms with E-state index < -0.39 is 8.24 Å². The minimum atomic E-state index is -1.73. The van der Waals surface area contributed by atoms with E-state index in [2.05, 4.69) is 96.6 Å². The monoisotopic (exact) mass is 478 g/mol. The zero-order valence-corrected chi connectivity index (χ0v) is 18.4. The summed E-state index contributed by atoms with van der Waals surface area (Å²) in [6, 6.07) is 2.20. The van der Waals surface area contributed by atoms with Crippen molar-refractivity contribution in [1.29, 1.82) is 0 Å². The van der Waals surface area contributed by atoms with Crippen molar-refractivity contribution in [2.45, 2.75) is 58.2 Å². The average Bonchev–Trinajstić information content (AvgIpc) is 2.66. The standard InChI is InChI=1S/C16H24BrIN2Si/c1-10(2)21(11(3)4,12(5)6)20-9-15(18)14-7-13(17)8-19-16(14)20/h7-12H,1-6H3. The Labute approximate surface area is 151 Å². The molecular weight excluding hydrogens is 455 g/mol.